The van der Waals surface area contributed by atoms with Crippen molar-refractivity contribution < 1.29 is 14.4 Å². The summed E-state index contributed by atoms with van der Waals surface area (Å²) in [5.74, 6) is 0.115. The molecule has 4 amide bonds. The normalized spacial score (nSPS) is 19.5. The van der Waals surface area contributed by atoms with Gasteiger partial charge in [0.15, 0.2) is 0 Å². The van der Waals surface area contributed by atoms with E-state index in [0.29, 0.717) is 39.0 Å². The quantitative estimate of drug-likeness (QED) is 0.580. The van der Waals surface area contributed by atoms with Gasteiger partial charge in [-0.3, -0.25) is 14.5 Å². The molecule has 1 spiro atoms. The first-order chi connectivity index (χ1) is 13.4. The highest BCUT2D eigenvalue weighted by atomic mass is 16.2. The van der Waals surface area contributed by atoms with Gasteiger partial charge in [-0.25, -0.2) is 4.79 Å². The molecule has 0 aromatic heterocycles. The summed E-state index contributed by atoms with van der Waals surface area (Å²) < 4.78 is 0. The fourth-order valence-electron chi connectivity index (χ4n) is 4.10. The van der Waals surface area contributed by atoms with E-state index in [1.807, 2.05) is 51.1 Å². The molecule has 0 N–H and O–H groups in total. The van der Waals surface area contributed by atoms with Crippen LogP contribution in [0, 0.1) is 5.92 Å². The second kappa shape index (κ2) is 8.17. The average Bonchev–Trinajstić information content (AvgIpc) is 2.88. The smallest absolute Gasteiger partial charge is 0.327 e. The number of benzene rings is 1. The lowest BCUT2D eigenvalue weighted by molar-refractivity contribution is -0.139. The number of hydrogen-bond acceptors (Lipinski definition) is 3. The van der Waals surface area contributed by atoms with Crippen molar-refractivity contribution in [1.82, 2.24) is 14.7 Å². The Morgan fingerprint density at radius 2 is 1.79 bits per heavy atom. The fraction of sp³-hybridized carbons (Fsp3) is 0.500. The summed E-state index contributed by atoms with van der Waals surface area (Å²) in [6.45, 7) is 7.82. The molecule has 6 heteroatoms. The summed E-state index contributed by atoms with van der Waals surface area (Å²) in [6.07, 6.45) is 4.37. The van der Waals surface area contributed by atoms with E-state index in [4.69, 9.17) is 0 Å². The van der Waals surface area contributed by atoms with Gasteiger partial charge in [0, 0.05) is 32.3 Å². The van der Waals surface area contributed by atoms with Gasteiger partial charge in [-0.2, -0.15) is 0 Å². The van der Waals surface area contributed by atoms with Crippen LogP contribution in [0.1, 0.15) is 39.2 Å². The molecule has 2 saturated heterocycles. The molecule has 2 heterocycles. The van der Waals surface area contributed by atoms with Crippen molar-refractivity contribution >= 4 is 23.9 Å². The molecule has 1 aromatic rings. The molecule has 2 aliphatic heterocycles. The zero-order valence-corrected chi connectivity index (χ0v) is 16.9. The largest absolute Gasteiger partial charge is 0.339 e. The number of rotatable bonds is 5. The molecule has 1 aromatic carbocycles. The number of hydrogen-bond donors (Lipinski definition) is 0. The van der Waals surface area contributed by atoms with E-state index in [1.54, 1.807) is 22.0 Å². The second-order valence-corrected chi connectivity index (χ2v) is 7.94. The minimum Gasteiger partial charge on any atom is -0.339 e. The van der Waals surface area contributed by atoms with Crippen LogP contribution in [0.25, 0.3) is 6.08 Å². The van der Waals surface area contributed by atoms with E-state index in [0.717, 1.165) is 5.56 Å². The van der Waals surface area contributed by atoms with Crippen LogP contribution in [-0.4, -0.2) is 64.3 Å². The van der Waals surface area contributed by atoms with E-state index in [2.05, 4.69) is 0 Å². The summed E-state index contributed by atoms with van der Waals surface area (Å²) in [5.41, 5.74) is 0.180. The molecular formula is C22H29N3O3. The first kappa shape index (κ1) is 20.1. The zero-order chi connectivity index (χ0) is 20.3. The molecule has 28 heavy (non-hydrogen) atoms. The maximum absolute atomic E-state index is 13.0. The minimum absolute atomic E-state index is 0.0572. The van der Waals surface area contributed by atoms with Crippen molar-refractivity contribution in [2.24, 2.45) is 5.92 Å². The third-order valence-electron chi connectivity index (χ3n) is 5.61. The minimum atomic E-state index is -0.794. The van der Waals surface area contributed by atoms with Crippen LogP contribution in [0.15, 0.2) is 36.4 Å². The molecule has 2 fully saturated rings. The second-order valence-electron chi connectivity index (χ2n) is 7.94. The van der Waals surface area contributed by atoms with Crippen molar-refractivity contribution in [3.63, 3.8) is 0 Å². The van der Waals surface area contributed by atoms with Crippen molar-refractivity contribution in [3.8, 4) is 0 Å². The Bertz CT molecular complexity index is 764. The van der Waals surface area contributed by atoms with E-state index in [1.165, 1.54) is 4.90 Å². The lowest BCUT2D eigenvalue weighted by Gasteiger charge is -2.42. The Labute approximate surface area is 166 Å². The van der Waals surface area contributed by atoms with E-state index >= 15 is 0 Å². The van der Waals surface area contributed by atoms with Crippen LogP contribution in [0.2, 0.25) is 0 Å². The van der Waals surface area contributed by atoms with Crippen molar-refractivity contribution in [2.45, 2.75) is 39.2 Å². The molecule has 3 rings (SSSR count). The van der Waals surface area contributed by atoms with Crippen LogP contribution in [-0.2, 0) is 9.59 Å². The third-order valence-corrected chi connectivity index (χ3v) is 5.61. The maximum Gasteiger partial charge on any atom is 0.327 e. The van der Waals surface area contributed by atoms with Crippen molar-refractivity contribution in [3.05, 3.63) is 42.0 Å². The summed E-state index contributed by atoms with van der Waals surface area (Å²) in [6, 6.07) is 9.50. The van der Waals surface area contributed by atoms with E-state index < -0.39 is 5.54 Å². The van der Waals surface area contributed by atoms with Gasteiger partial charge in [-0.1, -0.05) is 44.2 Å². The third kappa shape index (κ3) is 3.68. The van der Waals surface area contributed by atoms with Gasteiger partial charge in [0.1, 0.15) is 5.54 Å². The highest BCUT2D eigenvalue weighted by Gasteiger charge is 2.57. The van der Waals surface area contributed by atoms with Crippen LogP contribution in [0.5, 0.6) is 0 Å². The fourth-order valence-corrected chi connectivity index (χ4v) is 4.10. The number of carbonyl (C=O) groups excluding carboxylic acids is 3. The molecule has 0 radical (unpaired) electrons. The summed E-state index contributed by atoms with van der Waals surface area (Å²) in [4.78, 5) is 43.3. The predicted octanol–water partition coefficient (Wildman–Crippen LogP) is 3.00. The number of piperidine rings is 1. The zero-order valence-electron chi connectivity index (χ0n) is 16.9. The van der Waals surface area contributed by atoms with Gasteiger partial charge in [-0.05, 0) is 37.3 Å². The highest BCUT2D eigenvalue weighted by Crippen LogP contribution is 2.37. The monoisotopic (exact) mass is 383 g/mol. The van der Waals surface area contributed by atoms with Crippen LogP contribution >= 0.6 is 0 Å². The Morgan fingerprint density at radius 1 is 1.14 bits per heavy atom. The number of imide groups is 1. The molecule has 0 bridgehead atoms. The Kier molecular flexibility index (Phi) is 5.87. The standard InChI is InChI=1S/C22H29N3O3/c1-4-24-20(27)22(25(21(24)28)16-17(2)3)12-14-23(15-13-22)19(26)11-10-18-8-6-5-7-9-18/h5-11,17H,4,12-16H2,1-3H3. The summed E-state index contributed by atoms with van der Waals surface area (Å²) in [5, 5.41) is 0. The van der Waals surface area contributed by atoms with Crippen LogP contribution < -0.4 is 0 Å². The van der Waals surface area contributed by atoms with Crippen LogP contribution in [0.3, 0.4) is 0 Å². The van der Waals surface area contributed by atoms with Gasteiger partial charge in [0.05, 0.1) is 0 Å². The average molecular weight is 383 g/mol. The van der Waals surface area contributed by atoms with Gasteiger partial charge < -0.3 is 9.80 Å². The molecule has 0 atom stereocenters. The number of nitrogens with zero attached hydrogens (tertiary/aromatic N) is 3. The summed E-state index contributed by atoms with van der Waals surface area (Å²) >= 11 is 0. The molecule has 0 aliphatic carbocycles. The highest BCUT2D eigenvalue weighted by molar-refractivity contribution is 6.07. The molecular weight excluding hydrogens is 354 g/mol. The number of urea groups is 1. The first-order valence-corrected chi connectivity index (χ1v) is 10.0. The molecule has 6 nitrogen and oxygen atoms in total. The number of amides is 4. The SMILES string of the molecule is CCN1C(=O)N(CC(C)C)C2(CCN(C(=O)C=Cc3ccccc3)CC2)C1=O. The molecule has 0 saturated carbocycles. The van der Waals surface area contributed by atoms with Gasteiger partial charge >= 0.3 is 6.03 Å². The Balaban J connectivity index is 1.71. The number of likely N-dealkylation sites (N-methyl/N-ethyl adjacent to an activating group) is 1. The van der Waals surface area contributed by atoms with Gasteiger partial charge in [-0.15, -0.1) is 0 Å². The Morgan fingerprint density at radius 3 is 2.36 bits per heavy atom. The first-order valence-electron chi connectivity index (χ1n) is 10.0. The van der Waals surface area contributed by atoms with Gasteiger partial charge in [0.25, 0.3) is 5.91 Å². The predicted molar refractivity (Wildman–Crippen MR) is 108 cm³/mol. The van der Waals surface area contributed by atoms with E-state index in [9.17, 15) is 14.4 Å². The van der Waals surface area contributed by atoms with E-state index in [-0.39, 0.29) is 23.8 Å². The number of carbonyl (C=O) groups is 3. The van der Waals surface area contributed by atoms with Crippen LogP contribution in [0.4, 0.5) is 4.79 Å². The molecule has 150 valence electrons. The lowest BCUT2D eigenvalue weighted by Crippen LogP contribution is -2.57. The molecule has 2 aliphatic rings. The Hall–Kier alpha value is -2.63. The molecule has 0 unspecified atom stereocenters. The lowest BCUT2D eigenvalue weighted by atomic mass is 9.85. The number of likely N-dealkylation sites (tertiary alicyclic amines) is 1. The summed E-state index contributed by atoms with van der Waals surface area (Å²) in [7, 11) is 0. The topological polar surface area (TPSA) is 60.9 Å². The van der Waals surface area contributed by atoms with Crippen molar-refractivity contribution in [1.29, 1.82) is 0 Å². The van der Waals surface area contributed by atoms with Gasteiger partial charge in [0.2, 0.25) is 5.91 Å². The van der Waals surface area contributed by atoms with Crippen molar-refractivity contribution in [2.75, 3.05) is 26.2 Å². The maximum atomic E-state index is 13.0.